The normalized spacial score (nSPS) is 21.6. The molecular formula is C12H10F2O2. The number of alkyl halides is 2. The van der Waals surface area contributed by atoms with Crippen molar-refractivity contribution in [2.45, 2.75) is 11.7 Å². The van der Waals surface area contributed by atoms with Crippen molar-refractivity contribution in [1.29, 1.82) is 0 Å². The van der Waals surface area contributed by atoms with E-state index in [0.717, 1.165) is 0 Å². The zero-order chi connectivity index (χ0) is 11.8. The van der Waals surface area contributed by atoms with E-state index in [1.54, 1.807) is 30.3 Å². The van der Waals surface area contributed by atoms with E-state index in [1.807, 2.05) is 0 Å². The first kappa shape index (κ1) is 11.0. The van der Waals surface area contributed by atoms with E-state index in [1.165, 1.54) is 6.08 Å². The second kappa shape index (κ2) is 3.50. The highest BCUT2D eigenvalue weighted by Crippen LogP contribution is 2.36. The van der Waals surface area contributed by atoms with Crippen LogP contribution in [0.15, 0.2) is 48.6 Å². The molecule has 0 unspecified atom stereocenters. The van der Waals surface area contributed by atoms with Crippen LogP contribution in [0, 0.1) is 0 Å². The molecule has 0 atom stereocenters. The van der Waals surface area contributed by atoms with Crippen molar-refractivity contribution in [1.82, 2.24) is 0 Å². The van der Waals surface area contributed by atoms with Crippen molar-refractivity contribution >= 4 is 5.57 Å². The lowest BCUT2D eigenvalue weighted by molar-refractivity contribution is -0.243. The second-order valence-corrected chi connectivity index (χ2v) is 3.65. The van der Waals surface area contributed by atoms with Crippen molar-refractivity contribution in [3.8, 4) is 0 Å². The summed E-state index contributed by atoms with van der Waals surface area (Å²) in [6.45, 7) is 0. The molecule has 0 radical (unpaired) electrons. The van der Waals surface area contributed by atoms with Gasteiger partial charge >= 0.3 is 5.92 Å². The molecule has 2 rings (SSSR count). The summed E-state index contributed by atoms with van der Waals surface area (Å²) in [5, 5.41) is 18.1. The van der Waals surface area contributed by atoms with Gasteiger partial charge in [-0.1, -0.05) is 36.4 Å². The first-order valence-electron chi connectivity index (χ1n) is 4.72. The van der Waals surface area contributed by atoms with Gasteiger partial charge in [0, 0.05) is 0 Å². The average molecular weight is 224 g/mol. The molecular weight excluding hydrogens is 214 g/mol. The molecule has 0 saturated heterocycles. The number of allylic oxidation sites excluding steroid dienone is 2. The molecule has 1 aliphatic rings. The van der Waals surface area contributed by atoms with Gasteiger partial charge in [-0.25, -0.2) is 0 Å². The van der Waals surface area contributed by atoms with Gasteiger partial charge in [0.05, 0.1) is 0 Å². The summed E-state index contributed by atoms with van der Waals surface area (Å²) >= 11 is 0. The summed E-state index contributed by atoms with van der Waals surface area (Å²) in [5.41, 5.74) is 0.873. The third kappa shape index (κ3) is 1.77. The Labute approximate surface area is 91.2 Å². The molecule has 84 valence electrons. The van der Waals surface area contributed by atoms with Crippen LogP contribution in [0.3, 0.4) is 0 Å². The quantitative estimate of drug-likeness (QED) is 0.716. The van der Waals surface area contributed by atoms with Crippen LogP contribution in [-0.4, -0.2) is 21.9 Å². The minimum absolute atomic E-state index is 0.268. The molecule has 16 heavy (non-hydrogen) atoms. The molecule has 0 aliphatic heterocycles. The molecule has 1 aliphatic carbocycles. The van der Waals surface area contributed by atoms with E-state index in [-0.39, 0.29) is 5.57 Å². The first-order valence-corrected chi connectivity index (χ1v) is 4.72. The van der Waals surface area contributed by atoms with Gasteiger partial charge in [0.1, 0.15) is 0 Å². The fourth-order valence-electron chi connectivity index (χ4n) is 1.48. The van der Waals surface area contributed by atoms with E-state index in [0.29, 0.717) is 17.7 Å². The molecule has 1 aromatic carbocycles. The monoisotopic (exact) mass is 224 g/mol. The van der Waals surface area contributed by atoms with Crippen LogP contribution in [0.5, 0.6) is 0 Å². The van der Waals surface area contributed by atoms with Crippen LogP contribution < -0.4 is 0 Å². The Morgan fingerprint density at radius 2 is 1.62 bits per heavy atom. The fourth-order valence-corrected chi connectivity index (χ4v) is 1.48. The van der Waals surface area contributed by atoms with Crippen molar-refractivity contribution < 1.29 is 19.0 Å². The predicted octanol–water partition coefficient (Wildman–Crippen LogP) is 1.96. The Kier molecular flexibility index (Phi) is 2.40. The van der Waals surface area contributed by atoms with E-state index >= 15 is 0 Å². The van der Waals surface area contributed by atoms with Crippen molar-refractivity contribution in [3.05, 3.63) is 54.1 Å². The molecule has 1 aromatic rings. The highest BCUT2D eigenvalue weighted by Gasteiger charge is 2.50. The summed E-state index contributed by atoms with van der Waals surface area (Å²) in [5.74, 6) is -6.79. The average Bonchev–Trinajstić information content (AvgIpc) is 2.23. The van der Waals surface area contributed by atoms with Crippen molar-refractivity contribution in [3.63, 3.8) is 0 Å². The smallest absolute Gasteiger partial charge is 0.323 e. The van der Waals surface area contributed by atoms with Gasteiger partial charge in [-0.2, -0.15) is 8.78 Å². The Hall–Kier alpha value is -1.52. The van der Waals surface area contributed by atoms with Crippen LogP contribution in [0.2, 0.25) is 0 Å². The number of hydrogen-bond acceptors (Lipinski definition) is 2. The maximum atomic E-state index is 13.3. The molecule has 2 nitrogen and oxygen atoms in total. The van der Waals surface area contributed by atoms with Gasteiger partial charge < -0.3 is 10.2 Å². The summed E-state index contributed by atoms with van der Waals surface area (Å²) in [4.78, 5) is 0. The van der Waals surface area contributed by atoms with Crippen molar-refractivity contribution in [2.24, 2.45) is 0 Å². The summed E-state index contributed by atoms with van der Waals surface area (Å²) in [6.07, 6.45) is 2.52. The summed E-state index contributed by atoms with van der Waals surface area (Å²) in [7, 11) is 0. The molecule has 0 saturated carbocycles. The largest absolute Gasteiger partial charge is 0.357 e. The maximum absolute atomic E-state index is 13.3. The number of rotatable bonds is 1. The van der Waals surface area contributed by atoms with Crippen LogP contribution in [-0.2, 0) is 0 Å². The van der Waals surface area contributed by atoms with Gasteiger partial charge in [-0.15, -0.1) is 0 Å². The van der Waals surface area contributed by atoms with E-state index in [4.69, 9.17) is 10.2 Å². The molecule has 0 aromatic heterocycles. The van der Waals surface area contributed by atoms with Crippen LogP contribution >= 0.6 is 0 Å². The number of aliphatic hydroxyl groups is 2. The Morgan fingerprint density at radius 3 is 2.19 bits per heavy atom. The highest BCUT2D eigenvalue weighted by atomic mass is 19.3. The molecule has 0 bridgehead atoms. The molecule has 4 heteroatoms. The standard InChI is InChI=1S/C12H10F2O2/c13-11(14)8-10(6-7-12(11,15)16)9-4-2-1-3-5-9/h1-8,15-16H. The Morgan fingerprint density at radius 1 is 1.00 bits per heavy atom. The first-order chi connectivity index (χ1) is 7.42. The zero-order valence-corrected chi connectivity index (χ0v) is 8.27. The lowest BCUT2D eigenvalue weighted by Crippen LogP contribution is -2.46. The second-order valence-electron chi connectivity index (χ2n) is 3.65. The summed E-state index contributed by atoms with van der Waals surface area (Å²) < 4.78 is 26.6. The summed E-state index contributed by atoms with van der Waals surface area (Å²) in [6, 6.07) is 8.57. The minimum atomic E-state index is -3.69. The minimum Gasteiger partial charge on any atom is -0.357 e. The lowest BCUT2D eigenvalue weighted by atomic mass is 9.94. The molecule has 0 amide bonds. The molecule has 0 heterocycles. The van der Waals surface area contributed by atoms with Gasteiger partial charge in [0.25, 0.3) is 5.79 Å². The van der Waals surface area contributed by atoms with E-state index in [2.05, 4.69) is 0 Å². The fraction of sp³-hybridized carbons (Fsp3) is 0.167. The van der Waals surface area contributed by atoms with Crippen molar-refractivity contribution in [2.75, 3.05) is 0 Å². The number of hydrogen-bond donors (Lipinski definition) is 2. The van der Waals surface area contributed by atoms with Gasteiger partial charge in [0.2, 0.25) is 0 Å². The third-order valence-corrected chi connectivity index (χ3v) is 2.43. The predicted molar refractivity (Wildman–Crippen MR) is 55.7 cm³/mol. The Bertz CT molecular complexity index is 447. The zero-order valence-electron chi connectivity index (χ0n) is 8.27. The topological polar surface area (TPSA) is 40.5 Å². The van der Waals surface area contributed by atoms with Gasteiger partial charge in [-0.05, 0) is 23.3 Å². The number of halogens is 2. The molecule has 0 spiro atoms. The molecule has 0 fully saturated rings. The molecule has 2 N–H and O–H groups in total. The van der Waals surface area contributed by atoms with Gasteiger partial charge in [-0.3, -0.25) is 0 Å². The van der Waals surface area contributed by atoms with E-state index < -0.39 is 11.7 Å². The van der Waals surface area contributed by atoms with Gasteiger partial charge in [0.15, 0.2) is 0 Å². The van der Waals surface area contributed by atoms with Crippen LogP contribution in [0.4, 0.5) is 8.78 Å². The highest BCUT2D eigenvalue weighted by molar-refractivity contribution is 5.76. The van der Waals surface area contributed by atoms with Crippen LogP contribution in [0.25, 0.3) is 5.57 Å². The SMILES string of the molecule is OC1(O)C=CC(c2ccccc2)=CC1(F)F. The number of benzene rings is 1. The third-order valence-electron chi connectivity index (χ3n) is 2.43. The maximum Gasteiger partial charge on any atom is 0.323 e. The van der Waals surface area contributed by atoms with E-state index in [9.17, 15) is 8.78 Å². The van der Waals surface area contributed by atoms with Crippen LogP contribution in [0.1, 0.15) is 5.56 Å². The Balaban J connectivity index is 2.41. The lowest BCUT2D eigenvalue weighted by Gasteiger charge is -2.29.